The molecular formula is C22H24N4O4S. The third-order valence-corrected chi connectivity index (χ3v) is 7.58. The fraction of sp³-hybridized carbons (Fsp3) is 0.273. The van der Waals surface area contributed by atoms with Gasteiger partial charge in [-0.05, 0) is 44.0 Å². The molecule has 0 saturated carbocycles. The van der Waals surface area contributed by atoms with Crippen molar-refractivity contribution in [2.75, 3.05) is 11.9 Å². The van der Waals surface area contributed by atoms with Crippen molar-refractivity contribution < 1.29 is 13.2 Å². The van der Waals surface area contributed by atoms with Crippen LogP contribution in [-0.4, -0.2) is 40.6 Å². The quantitative estimate of drug-likeness (QED) is 0.659. The van der Waals surface area contributed by atoms with Crippen LogP contribution in [0.15, 0.2) is 70.4 Å². The average molecular weight is 441 g/mol. The first-order valence-corrected chi connectivity index (χ1v) is 11.5. The zero-order valence-corrected chi connectivity index (χ0v) is 18.2. The summed E-state index contributed by atoms with van der Waals surface area (Å²) in [6, 6.07) is 16.3. The van der Waals surface area contributed by atoms with Gasteiger partial charge in [0.1, 0.15) is 11.7 Å². The van der Waals surface area contributed by atoms with Gasteiger partial charge in [0.05, 0.1) is 16.3 Å². The molecule has 0 spiro atoms. The van der Waals surface area contributed by atoms with E-state index in [1.54, 1.807) is 49.0 Å². The van der Waals surface area contributed by atoms with Gasteiger partial charge in [0.25, 0.3) is 5.56 Å². The Balaban J connectivity index is 1.64. The normalized spacial score (nSPS) is 17.0. The van der Waals surface area contributed by atoms with Gasteiger partial charge >= 0.3 is 0 Å². The Bertz CT molecular complexity index is 1260. The van der Waals surface area contributed by atoms with E-state index in [9.17, 15) is 18.0 Å². The highest BCUT2D eigenvalue weighted by Gasteiger charge is 2.40. The molecule has 1 aliphatic rings. The molecule has 1 aliphatic heterocycles. The van der Waals surface area contributed by atoms with Gasteiger partial charge in [-0.25, -0.2) is 13.1 Å². The lowest BCUT2D eigenvalue weighted by atomic mass is 10.2. The molecule has 1 amide bonds. The van der Waals surface area contributed by atoms with Gasteiger partial charge in [0.15, 0.2) is 0 Å². The molecule has 0 bridgehead atoms. The summed E-state index contributed by atoms with van der Waals surface area (Å²) in [6.45, 7) is 2.00. The highest BCUT2D eigenvalue weighted by Crippen LogP contribution is 2.27. The van der Waals surface area contributed by atoms with E-state index < -0.39 is 22.0 Å². The maximum absolute atomic E-state index is 13.1. The van der Waals surface area contributed by atoms with Gasteiger partial charge in [-0.3, -0.25) is 14.3 Å². The Labute approximate surface area is 180 Å². The van der Waals surface area contributed by atoms with Gasteiger partial charge in [-0.1, -0.05) is 36.4 Å². The first kappa shape index (κ1) is 21.1. The third kappa shape index (κ3) is 3.70. The van der Waals surface area contributed by atoms with Crippen molar-refractivity contribution in [1.82, 2.24) is 13.7 Å². The van der Waals surface area contributed by atoms with Crippen molar-refractivity contribution in [3.63, 3.8) is 0 Å². The van der Waals surface area contributed by atoms with Gasteiger partial charge in [0, 0.05) is 13.6 Å². The maximum Gasteiger partial charge on any atom is 0.295 e. The van der Waals surface area contributed by atoms with Crippen LogP contribution in [0.25, 0.3) is 5.69 Å². The number of anilines is 1. The highest BCUT2D eigenvalue weighted by molar-refractivity contribution is 7.89. The first-order valence-electron chi connectivity index (χ1n) is 10.0. The number of nitrogens with one attached hydrogen (secondary N) is 1. The molecule has 1 saturated heterocycles. The molecule has 0 radical (unpaired) electrons. The van der Waals surface area contributed by atoms with E-state index in [-0.39, 0.29) is 22.7 Å². The lowest BCUT2D eigenvalue weighted by molar-refractivity contribution is -0.119. The number of aromatic nitrogens is 2. The average Bonchev–Trinajstić information content (AvgIpc) is 3.36. The second kappa shape index (κ2) is 8.16. The number of sulfonamides is 1. The van der Waals surface area contributed by atoms with E-state index in [0.29, 0.717) is 24.2 Å². The summed E-state index contributed by atoms with van der Waals surface area (Å²) in [5.74, 6) is -0.497. The topological polar surface area (TPSA) is 93.4 Å². The molecule has 1 N–H and O–H groups in total. The van der Waals surface area contributed by atoms with Crippen LogP contribution in [0.5, 0.6) is 0 Å². The zero-order valence-electron chi connectivity index (χ0n) is 17.4. The minimum atomic E-state index is -3.81. The lowest BCUT2D eigenvalue weighted by Gasteiger charge is -2.23. The monoisotopic (exact) mass is 440 g/mol. The molecule has 162 valence electrons. The summed E-state index contributed by atoms with van der Waals surface area (Å²) in [5, 5.41) is 2.71. The van der Waals surface area contributed by atoms with E-state index in [1.807, 2.05) is 18.2 Å². The van der Waals surface area contributed by atoms with Crippen LogP contribution in [0.1, 0.15) is 18.5 Å². The number of hydrogen-bond acceptors (Lipinski definition) is 4. The predicted octanol–water partition coefficient (Wildman–Crippen LogP) is 2.28. The van der Waals surface area contributed by atoms with E-state index in [1.165, 1.54) is 21.1 Å². The second-order valence-corrected chi connectivity index (χ2v) is 9.40. The molecule has 0 aliphatic carbocycles. The second-order valence-electron chi connectivity index (χ2n) is 7.51. The van der Waals surface area contributed by atoms with Gasteiger partial charge < -0.3 is 5.32 Å². The van der Waals surface area contributed by atoms with Crippen molar-refractivity contribution >= 4 is 21.6 Å². The number of benzene rings is 2. The van der Waals surface area contributed by atoms with E-state index in [2.05, 4.69) is 5.32 Å². The standard InChI is InChI=1S/C22H24N4O4S/c1-16-20(22(28)26(24(16)2)17-10-5-3-6-11-17)23-21(27)19-14-9-15-25(19)31(29,30)18-12-7-4-8-13-18/h3-8,10-13,19H,9,14-15H2,1-2H3,(H,23,27)/t19-/m1/s1. The van der Waals surface area contributed by atoms with Gasteiger partial charge in [-0.2, -0.15) is 4.31 Å². The van der Waals surface area contributed by atoms with Gasteiger partial charge in [0.2, 0.25) is 15.9 Å². The van der Waals surface area contributed by atoms with Crippen molar-refractivity contribution in [2.24, 2.45) is 7.05 Å². The number of carbonyl (C=O) groups is 1. The van der Waals surface area contributed by atoms with Crippen molar-refractivity contribution in [1.29, 1.82) is 0 Å². The third-order valence-electron chi connectivity index (χ3n) is 5.66. The van der Waals surface area contributed by atoms with Gasteiger partial charge in [-0.15, -0.1) is 0 Å². The maximum atomic E-state index is 13.1. The Morgan fingerprint density at radius 1 is 1.03 bits per heavy atom. The molecule has 9 heteroatoms. The summed E-state index contributed by atoms with van der Waals surface area (Å²) in [6.07, 6.45) is 0.975. The number of para-hydroxylation sites is 1. The van der Waals surface area contributed by atoms with Crippen LogP contribution in [-0.2, 0) is 21.9 Å². The molecule has 8 nitrogen and oxygen atoms in total. The van der Waals surface area contributed by atoms with E-state index >= 15 is 0 Å². The molecule has 0 unspecified atom stereocenters. The summed E-state index contributed by atoms with van der Waals surface area (Å²) in [5.41, 5.74) is 1.04. The molecule has 2 heterocycles. The van der Waals surface area contributed by atoms with E-state index in [4.69, 9.17) is 0 Å². The van der Waals surface area contributed by atoms with Crippen LogP contribution in [0.2, 0.25) is 0 Å². The van der Waals surface area contributed by atoms with Crippen LogP contribution >= 0.6 is 0 Å². The molecule has 31 heavy (non-hydrogen) atoms. The fourth-order valence-corrected chi connectivity index (χ4v) is 5.61. The van der Waals surface area contributed by atoms with Crippen molar-refractivity contribution in [2.45, 2.75) is 30.7 Å². The molecule has 3 aromatic rings. The Morgan fingerprint density at radius 2 is 1.65 bits per heavy atom. The minimum absolute atomic E-state index is 0.150. The minimum Gasteiger partial charge on any atom is -0.319 e. The smallest absolute Gasteiger partial charge is 0.295 e. The number of nitrogens with zero attached hydrogens (tertiary/aromatic N) is 3. The Morgan fingerprint density at radius 3 is 2.29 bits per heavy atom. The first-order chi connectivity index (χ1) is 14.8. The summed E-state index contributed by atoms with van der Waals surface area (Å²) < 4.78 is 30.5. The SMILES string of the molecule is Cc1c(NC(=O)[C@H]2CCCN2S(=O)(=O)c2ccccc2)c(=O)n(-c2ccccc2)n1C. The molecule has 4 rings (SSSR count). The van der Waals surface area contributed by atoms with Crippen LogP contribution < -0.4 is 10.9 Å². The largest absolute Gasteiger partial charge is 0.319 e. The number of rotatable bonds is 5. The summed E-state index contributed by atoms with van der Waals surface area (Å²) >= 11 is 0. The molecule has 2 aromatic carbocycles. The summed E-state index contributed by atoms with van der Waals surface area (Å²) in [4.78, 5) is 26.3. The molecule has 1 fully saturated rings. The molecule has 1 aromatic heterocycles. The lowest BCUT2D eigenvalue weighted by Crippen LogP contribution is -2.43. The number of hydrogen-bond donors (Lipinski definition) is 1. The van der Waals surface area contributed by atoms with Crippen LogP contribution in [0.4, 0.5) is 5.69 Å². The Kier molecular flexibility index (Phi) is 5.55. The Hall–Kier alpha value is -3.17. The van der Waals surface area contributed by atoms with Crippen molar-refractivity contribution in [3.8, 4) is 5.69 Å². The van der Waals surface area contributed by atoms with Crippen LogP contribution in [0, 0.1) is 6.92 Å². The number of carbonyl (C=O) groups excluding carboxylic acids is 1. The van der Waals surface area contributed by atoms with E-state index in [0.717, 1.165) is 0 Å². The fourth-order valence-electron chi connectivity index (χ4n) is 3.94. The molecular weight excluding hydrogens is 416 g/mol. The zero-order chi connectivity index (χ0) is 22.2. The van der Waals surface area contributed by atoms with Crippen LogP contribution in [0.3, 0.4) is 0 Å². The summed E-state index contributed by atoms with van der Waals surface area (Å²) in [7, 11) is -2.07. The number of amides is 1. The molecule has 1 atom stereocenters. The predicted molar refractivity (Wildman–Crippen MR) is 118 cm³/mol. The van der Waals surface area contributed by atoms with Crippen molar-refractivity contribution in [3.05, 3.63) is 76.7 Å². The highest BCUT2D eigenvalue weighted by atomic mass is 32.2.